The van der Waals surface area contributed by atoms with Crippen LogP contribution < -0.4 is 25.9 Å². The van der Waals surface area contributed by atoms with E-state index < -0.39 is 5.91 Å². The molecule has 0 saturated carbocycles. The van der Waals surface area contributed by atoms with E-state index in [0.717, 1.165) is 22.1 Å². The lowest BCUT2D eigenvalue weighted by molar-refractivity contribution is -0.120. The van der Waals surface area contributed by atoms with Gasteiger partial charge in [0.05, 0.1) is 22.1 Å². The summed E-state index contributed by atoms with van der Waals surface area (Å²) >= 11 is 3.59. The van der Waals surface area contributed by atoms with Crippen LogP contribution in [0, 0.1) is 10.5 Å². The Labute approximate surface area is 243 Å². The summed E-state index contributed by atoms with van der Waals surface area (Å²) in [4.78, 5) is 28.4. The number of ether oxygens (including phenoxy) is 2. The number of aryl methyl sites for hydroxylation is 1. The summed E-state index contributed by atoms with van der Waals surface area (Å²) in [6.07, 6.45) is 1.51. The first-order valence-electron chi connectivity index (χ1n) is 11.9. The fraction of sp³-hybridized carbons (Fsp3) is 0.143. The van der Waals surface area contributed by atoms with Gasteiger partial charge in [-0.05, 0) is 78.4 Å². The van der Waals surface area contributed by atoms with Crippen LogP contribution in [0.15, 0.2) is 71.1 Å². The van der Waals surface area contributed by atoms with E-state index in [1.54, 1.807) is 24.3 Å². The van der Waals surface area contributed by atoms with Gasteiger partial charge in [0.25, 0.3) is 11.8 Å². The van der Waals surface area contributed by atoms with Gasteiger partial charge in [0, 0.05) is 22.2 Å². The lowest BCUT2D eigenvalue weighted by atomic mass is 10.1. The average Bonchev–Trinajstić information content (AvgIpc) is 3.38. The van der Waals surface area contributed by atoms with E-state index in [1.165, 1.54) is 23.1 Å². The van der Waals surface area contributed by atoms with Crippen LogP contribution in [0.3, 0.4) is 0 Å². The van der Waals surface area contributed by atoms with E-state index >= 15 is 0 Å². The van der Waals surface area contributed by atoms with E-state index in [0.29, 0.717) is 32.8 Å². The predicted molar refractivity (Wildman–Crippen MR) is 162 cm³/mol. The Kier molecular flexibility index (Phi) is 9.49. The molecule has 0 bridgehead atoms. The van der Waals surface area contributed by atoms with E-state index in [1.807, 2.05) is 55.6 Å². The van der Waals surface area contributed by atoms with Gasteiger partial charge in [0.15, 0.2) is 23.2 Å². The normalized spacial score (nSPS) is 10.8. The van der Waals surface area contributed by atoms with Crippen LogP contribution in [0.5, 0.6) is 11.5 Å². The second-order valence-corrected chi connectivity index (χ2v) is 10.3. The van der Waals surface area contributed by atoms with E-state index in [2.05, 4.69) is 43.4 Å². The van der Waals surface area contributed by atoms with Gasteiger partial charge in [0.2, 0.25) is 0 Å². The van der Waals surface area contributed by atoms with Crippen LogP contribution in [0.1, 0.15) is 28.4 Å². The van der Waals surface area contributed by atoms with Crippen LogP contribution >= 0.6 is 33.9 Å². The van der Waals surface area contributed by atoms with Gasteiger partial charge >= 0.3 is 0 Å². The number of carbonyl (C=O) groups excluding carboxylic acids is 2. The van der Waals surface area contributed by atoms with Crippen LogP contribution in [0.2, 0.25) is 0 Å². The highest BCUT2D eigenvalue weighted by Gasteiger charge is 2.13. The first kappa shape index (κ1) is 28.0. The Morgan fingerprint density at radius 1 is 1.10 bits per heavy atom. The molecule has 0 unspecified atom stereocenters. The molecule has 4 N–H and O–H groups in total. The average molecular weight is 656 g/mol. The lowest BCUT2D eigenvalue weighted by Gasteiger charge is -2.13. The molecule has 1 heterocycles. The molecule has 0 atom stereocenters. The van der Waals surface area contributed by atoms with E-state index in [4.69, 9.17) is 15.2 Å². The van der Waals surface area contributed by atoms with Gasteiger partial charge in [-0.25, -0.2) is 10.4 Å². The number of halogens is 1. The van der Waals surface area contributed by atoms with Crippen molar-refractivity contribution in [2.75, 3.05) is 18.5 Å². The zero-order valence-electron chi connectivity index (χ0n) is 21.2. The molecule has 9 nitrogen and oxygen atoms in total. The van der Waals surface area contributed by atoms with Crippen molar-refractivity contribution in [1.29, 1.82) is 0 Å². The van der Waals surface area contributed by atoms with E-state index in [-0.39, 0.29) is 12.5 Å². The van der Waals surface area contributed by atoms with Gasteiger partial charge in [-0.15, -0.1) is 11.3 Å². The Hall–Kier alpha value is -3.97. The molecular weight excluding hydrogens is 629 g/mol. The highest BCUT2D eigenvalue weighted by atomic mass is 127. The Morgan fingerprint density at radius 2 is 1.85 bits per heavy atom. The summed E-state index contributed by atoms with van der Waals surface area (Å²) in [6.45, 7) is 4.03. The minimum atomic E-state index is -0.582. The van der Waals surface area contributed by atoms with Crippen LogP contribution in [0.25, 0.3) is 11.3 Å². The van der Waals surface area contributed by atoms with Crippen molar-refractivity contribution < 1.29 is 19.1 Å². The number of anilines is 2. The van der Waals surface area contributed by atoms with Gasteiger partial charge < -0.3 is 20.5 Å². The monoisotopic (exact) mass is 655 g/mol. The first-order chi connectivity index (χ1) is 18.8. The number of thiazole rings is 1. The van der Waals surface area contributed by atoms with Crippen molar-refractivity contribution in [3.8, 4) is 22.8 Å². The van der Waals surface area contributed by atoms with Crippen molar-refractivity contribution in [2.24, 2.45) is 10.8 Å². The summed E-state index contributed by atoms with van der Waals surface area (Å²) in [5.41, 5.74) is 12.8. The first-order valence-corrected chi connectivity index (χ1v) is 13.9. The summed E-state index contributed by atoms with van der Waals surface area (Å²) in [6, 6.07) is 18.8. The third-order valence-electron chi connectivity index (χ3n) is 5.32. The molecule has 2 amide bonds. The Balaban J connectivity index is 1.38. The SMILES string of the molecule is CCOc1cc(/C=N/NC(=O)c2ccc(-c3csc(Nc4ccc(C)cc4)n3)cc2)cc(I)c1OCC(N)=O. The molecule has 200 valence electrons. The molecule has 11 heteroatoms. The van der Waals surface area contributed by atoms with Crippen LogP contribution in [0.4, 0.5) is 10.8 Å². The molecule has 3 aromatic carbocycles. The van der Waals surface area contributed by atoms with Crippen LogP contribution in [-0.4, -0.2) is 36.2 Å². The van der Waals surface area contributed by atoms with Crippen molar-refractivity contribution in [3.05, 3.63) is 86.3 Å². The fourth-order valence-corrected chi connectivity index (χ4v) is 4.98. The van der Waals surface area contributed by atoms with Gasteiger partial charge in [0.1, 0.15) is 0 Å². The molecule has 0 saturated heterocycles. The molecule has 0 fully saturated rings. The number of benzene rings is 3. The molecule has 4 aromatic rings. The summed E-state index contributed by atoms with van der Waals surface area (Å²) in [7, 11) is 0. The second kappa shape index (κ2) is 13.2. The van der Waals surface area contributed by atoms with E-state index in [9.17, 15) is 9.59 Å². The third-order valence-corrected chi connectivity index (χ3v) is 6.88. The maximum atomic E-state index is 12.6. The zero-order valence-corrected chi connectivity index (χ0v) is 24.2. The highest BCUT2D eigenvalue weighted by molar-refractivity contribution is 14.1. The maximum Gasteiger partial charge on any atom is 0.271 e. The molecular formula is C28H26IN5O4S. The molecule has 39 heavy (non-hydrogen) atoms. The number of rotatable bonds is 11. The predicted octanol–water partition coefficient (Wildman–Crippen LogP) is 5.49. The minimum absolute atomic E-state index is 0.258. The second-order valence-electron chi connectivity index (χ2n) is 8.32. The van der Waals surface area contributed by atoms with Crippen molar-refractivity contribution >= 4 is 62.8 Å². The molecule has 0 spiro atoms. The van der Waals surface area contributed by atoms with Crippen molar-refractivity contribution in [2.45, 2.75) is 13.8 Å². The number of nitrogens with one attached hydrogen (secondary N) is 2. The number of carbonyl (C=O) groups is 2. The molecule has 0 aliphatic heterocycles. The Morgan fingerprint density at radius 3 is 2.54 bits per heavy atom. The Bertz CT molecular complexity index is 1490. The zero-order chi connectivity index (χ0) is 27.8. The summed E-state index contributed by atoms with van der Waals surface area (Å²) in [5.74, 6) is -0.0519. The number of primary amides is 1. The van der Waals surface area contributed by atoms with Crippen molar-refractivity contribution in [1.82, 2.24) is 10.4 Å². The van der Waals surface area contributed by atoms with Crippen molar-refractivity contribution in [3.63, 3.8) is 0 Å². The molecule has 0 aliphatic carbocycles. The maximum absolute atomic E-state index is 12.6. The number of nitrogens with two attached hydrogens (primary N) is 1. The minimum Gasteiger partial charge on any atom is -0.490 e. The number of aromatic nitrogens is 1. The molecule has 1 aromatic heterocycles. The molecule has 4 rings (SSSR count). The van der Waals surface area contributed by atoms with Gasteiger partial charge in [-0.1, -0.05) is 29.8 Å². The third kappa shape index (κ3) is 7.77. The number of hydrogen-bond acceptors (Lipinski definition) is 8. The number of amides is 2. The molecule has 0 radical (unpaired) electrons. The molecule has 0 aliphatic rings. The standard InChI is InChI=1S/C28H26IN5O4S/c1-3-37-24-13-18(12-22(29)26(24)38-15-25(30)35)14-31-34-27(36)20-8-6-19(7-9-20)23-16-39-28(33-23)32-21-10-4-17(2)5-11-21/h4-14,16H,3,15H2,1-2H3,(H2,30,35)(H,32,33)(H,34,36)/b31-14+. The largest absolute Gasteiger partial charge is 0.490 e. The quantitative estimate of drug-likeness (QED) is 0.111. The highest BCUT2D eigenvalue weighted by Crippen LogP contribution is 2.34. The van der Waals surface area contributed by atoms with Crippen LogP contribution in [-0.2, 0) is 4.79 Å². The number of hydrazone groups is 1. The number of nitrogens with zero attached hydrogens (tertiary/aromatic N) is 2. The topological polar surface area (TPSA) is 128 Å². The number of hydrogen-bond donors (Lipinski definition) is 3. The summed E-state index contributed by atoms with van der Waals surface area (Å²) in [5, 5.41) is 10.1. The smallest absolute Gasteiger partial charge is 0.271 e. The van der Waals surface area contributed by atoms with Gasteiger partial charge in [-0.3, -0.25) is 9.59 Å². The lowest BCUT2D eigenvalue weighted by Crippen LogP contribution is -2.20. The fourth-order valence-electron chi connectivity index (χ4n) is 3.46. The van der Waals surface area contributed by atoms with Gasteiger partial charge in [-0.2, -0.15) is 5.10 Å². The summed E-state index contributed by atoms with van der Waals surface area (Å²) < 4.78 is 11.8.